The van der Waals surface area contributed by atoms with E-state index in [1.165, 1.54) is 6.07 Å². The van der Waals surface area contributed by atoms with Gasteiger partial charge in [-0.3, -0.25) is 14.9 Å². The maximum Gasteiger partial charge on any atom is 0.275 e. The van der Waals surface area contributed by atoms with E-state index in [2.05, 4.69) is 5.32 Å². The third-order valence-corrected chi connectivity index (χ3v) is 3.11. The van der Waals surface area contributed by atoms with Crippen molar-refractivity contribution in [3.8, 4) is 0 Å². The highest BCUT2D eigenvalue weighted by molar-refractivity contribution is 5.78. The number of anilines is 1. The Morgan fingerprint density at radius 1 is 1.55 bits per heavy atom. The van der Waals surface area contributed by atoms with Crippen LogP contribution in [0.25, 0.3) is 0 Å². The fourth-order valence-corrected chi connectivity index (χ4v) is 1.96. The summed E-state index contributed by atoms with van der Waals surface area (Å²) >= 11 is 0. The molecule has 1 aromatic carbocycles. The number of aliphatic hydroxyl groups excluding tert-OH is 1. The maximum atomic E-state index is 11.5. The number of nitro groups is 1. The maximum absolute atomic E-state index is 11.5. The third kappa shape index (κ3) is 3.67. The van der Waals surface area contributed by atoms with E-state index < -0.39 is 11.5 Å². The largest absolute Gasteiger partial charge is 0.391 e. The van der Waals surface area contributed by atoms with E-state index in [0.29, 0.717) is 6.54 Å². The molecule has 7 nitrogen and oxygen atoms in total. The van der Waals surface area contributed by atoms with Gasteiger partial charge in [0, 0.05) is 32.4 Å². The summed E-state index contributed by atoms with van der Waals surface area (Å²) < 4.78 is 0. The van der Waals surface area contributed by atoms with Crippen LogP contribution in [0.15, 0.2) is 18.2 Å². The molecule has 1 unspecified atom stereocenters. The molecule has 1 aromatic rings. The highest BCUT2D eigenvalue weighted by atomic mass is 16.6. The second kappa shape index (κ2) is 6.85. The minimum Gasteiger partial charge on any atom is -0.391 e. The molecule has 0 saturated heterocycles. The molecule has 0 aliphatic heterocycles. The van der Waals surface area contributed by atoms with Crippen molar-refractivity contribution in [2.24, 2.45) is 5.92 Å². The molecular formula is C13H19N3O4. The number of nitro benzene ring substituents is 1. The van der Waals surface area contributed by atoms with Crippen molar-refractivity contribution in [2.75, 3.05) is 25.5 Å². The normalized spacial score (nSPS) is 11.8. The van der Waals surface area contributed by atoms with Gasteiger partial charge in [0.05, 0.1) is 23.0 Å². The smallest absolute Gasteiger partial charge is 0.275 e. The van der Waals surface area contributed by atoms with Gasteiger partial charge in [-0.25, -0.2) is 0 Å². The first-order valence-corrected chi connectivity index (χ1v) is 6.21. The predicted octanol–water partition coefficient (Wildman–Crippen LogP) is 0.905. The molecule has 0 saturated carbocycles. The Morgan fingerprint density at radius 3 is 2.70 bits per heavy atom. The molecule has 20 heavy (non-hydrogen) atoms. The van der Waals surface area contributed by atoms with Crippen molar-refractivity contribution in [1.82, 2.24) is 5.32 Å². The predicted molar refractivity (Wildman–Crippen MR) is 75.5 cm³/mol. The van der Waals surface area contributed by atoms with Crippen molar-refractivity contribution >= 4 is 17.3 Å². The molecule has 0 spiro atoms. The first-order chi connectivity index (χ1) is 9.40. The molecule has 0 fully saturated rings. The van der Waals surface area contributed by atoms with Gasteiger partial charge in [0.2, 0.25) is 5.91 Å². The van der Waals surface area contributed by atoms with Crippen molar-refractivity contribution in [3.63, 3.8) is 0 Å². The van der Waals surface area contributed by atoms with Gasteiger partial charge >= 0.3 is 0 Å². The monoisotopic (exact) mass is 281 g/mol. The van der Waals surface area contributed by atoms with Crippen molar-refractivity contribution < 1.29 is 14.8 Å². The summed E-state index contributed by atoms with van der Waals surface area (Å²) in [7, 11) is 3.37. The zero-order chi connectivity index (χ0) is 15.3. The molecule has 0 aromatic heterocycles. The summed E-state index contributed by atoms with van der Waals surface area (Å²) in [6, 6.07) is 4.53. The van der Waals surface area contributed by atoms with Crippen LogP contribution < -0.4 is 10.2 Å². The van der Waals surface area contributed by atoms with Crippen LogP contribution in [-0.4, -0.2) is 36.6 Å². The van der Waals surface area contributed by atoms with Crippen molar-refractivity contribution in [1.29, 1.82) is 0 Å². The third-order valence-electron chi connectivity index (χ3n) is 3.11. The quantitative estimate of drug-likeness (QED) is 0.596. The Labute approximate surface area is 117 Å². The van der Waals surface area contributed by atoms with Crippen LogP contribution in [-0.2, 0) is 11.4 Å². The molecule has 1 atom stereocenters. The van der Waals surface area contributed by atoms with Gasteiger partial charge in [0.15, 0.2) is 0 Å². The van der Waals surface area contributed by atoms with Gasteiger partial charge in [0.25, 0.3) is 5.69 Å². The molecule has 110 valence electrons. The van der Waals surface area contributed by atoms with E-state index in [1.807, 2.05) is 4.90 Å². The summed E-state index contributed by atoms with van der Waals surface area (Å²) in [6.07, 6.45) is 0. The highest BCUT2D eigenvalue weighted by Crippen LogP contribution is 2.25. The molecule has 0 aliphatic rings. The molecule has 1 rings (SSSR count). The van der Waals surface area contributed by atoms with Crippen molar-refractivity contribution in [2.45, 2.75) is 13.5 Å². The Hall–Kier alpha value is -2.15. The van der Waals surface area contributed by atoms with E-state index in [-0.39, 0.29) is 23.1 Å². The lowest BCUT2D eigenvalue weighted by atomic mass is 10.1. The highest BCUT2D eigenvalue weighted by Gasteiger charge is 2.17. The van der Waals surface area contributed by atoms with E-state index in [1.54, 1.807) is 33.2 Å². The number of aliphatic hydroxyl groups is 1. The second-order valence-corrected chi connectivity index (χ2v) is 4.62. The number of carbonyl (C=O) groups is 1. The molecule has 0 aliphatic carbocycles. The number of nitrogens with one attached hydrogen (secondary N) is 1. The Kier molecular flexibility index (Phi) is 5.45. The van der Waals surface area contributed by atoms with Crippen LogP contribution in [0.4, 0.5) is 11.4 Å². The number of carbonyl (C=O) groups excluding carboxylic acids is 1. The molecule has 7 heteroatoms. The van der Waals surface area contributed by atoms with Gasteiger partial charge in [-0.1, -0.05) is 6.92 Å². The zero-order valence-corrected chi connectivity index (χ0v) is 11.8. The van der Waals surface area contributed by atoms with Gasteiger partial charge in [-0.15, -0.1) is 0 Å². The summed E-state index contributed by atoms with van der Waals surface area (Å²) in [5, 5.41) is 22.6. The van der Waals surface area contributed by atoms with Gasteiger partial charge in [0.1, 0.15) is 0 Å². The lowest BCUT2D eigenvalue weighted by Crippen LogP contribution is -2.34. The minimum absolute atomic E-state index is 0.0684. The first-order valence-electron chi connectivity index (χ1n) is 6.21. The lowest BCUT2D eigenvalue weighted by Gasteiger charge is -2.23. The van der Waals surface area contributed by atoms with Gasteiger partial charge in [-0.2, -0.15) is 0 Å². The lowest BCUT2D eigenvalue weighted by molar-refractivity contribution is -0.385. The second-order valence-electron chi connectivity index (χ2n) is 4.62. The standard InChI is InChI=1S/C13H19N3O4/c1-9(13(18)14-2)7-15(3)11-4-5-12(16(19)20)10(6-11)8-17/h4-6,9,17H,7-8H2,1-3H3,(H,14,18). The average Bonchev–Trinajstić information content (AvgIpc) is 2.45. The molecule has 2 N–H and O–H groups in total. The number of hydrogen-bond acceptors (Lipinski definition) is 5. The summed E-state index contributed by atoms with van der Waals surface area (Å²) in [5.41, 5.74) is 0.867. The molecule has 1 amide bonds. The SMILES string of the molecule is CNC(=O)C(C)CN(C)c1ccc([N+](=O)[O-])c(CO)c1. The minimum atomic E-state index is -0.525. The van der Waals surface area contributed by atoms with E-state index in [9.17, 15) is 20.0 Å². The van der Waals surface area contributed by atoms with Gasteiger partial charge in [-0.05, 0) is 12.1 Å². The van der Waals surface area contributed by atoms with E-state index in [0.717, 1.165) is 5.69 Å². The molecular weight excluding hydrogens is 262 g/mol. The molecule has 0 heterocycles. The van der Waals surface area contributed by atoms with E-state index >= 15 is 0 Å². The Balaban J connectivity index is 2.91. The Morgan fingerprint density at radius 2 is 2.20 bits per heavy atom. The molecule has 0 bridgehead atoms. The van der Waals surface area contributed by atoms with Crippen LogP contribution in [0.2, 0.25) is 0 Å². The van der Waals surface area contributed by atoms with Gasteiger partial charge < -0.3 is 15.3 Å². The summed E-state index contributed by atoms with van der Waals surface area (Å²) in [6.45, 7) is 1.87. The first kappa shape index (κ1) is 15.9. The van der Waals surface area contributed by atoms with Crippen LogP contribution in [0.1, 0.15) is 12.5 Å². The fraction of sp³-hybridized carbons (Fsp3) is 0.462. The topological polar surface area (TPSA) is 95.7 Å². The zero-order valence-electron chi connectivity index (χ0n) is 11.8. The molecule has 0 radical (unpaired) electrons. The fourth-order valence-electron chi connectivity index (χ4n) is 1.96. The Bertz CT molecular complexity index is 504. The van der Waals surface area contributed by atoms with Crippen molar-refractivity contribution in [3.05, 3.63) is 33.9 Å². The van der Waals surface area contributed by atoms with Crippen LogP contribution in [0.5, 0.6) is 0 Å². The number of rotatable bonds is 6. The van der Waals surface area contributed by atoms with Crippen LogP contribution >= 0.6 is 0 Å². The summed E-state index contributed by atoms with van der Waals surface area (Å²) in [5.74, 6) is -0.279. The number of nitrogens with zero attached hydrogens (tertiary/aromatic N) is 2. The summed E-state index contributed by atoms with van der Waals surface area (Å²) in [4.78, 5) is 23.6. The van der Waals surface area contributed by atoms with E-state index in [4.69, 9.17) is 0 Å². The number of hydrogen-bond donors (Lipinski definition) is 2. The number of amides is 1. The number of benzene rings is 1. The van der Waals surface area contributed by atoms with Crippen LogP contribution in [0.3, 0.4) is 0 Å². The average molecular weight is 281 g/mol. The van der Waals surface area contributed by atoms with Crippen LogP contribution in [0, 0.1) is 16.0 Å².